The van der Waals surface area contributed by atoms with Gasteiger partial charge in [-0.3, -0.25) is 4.79 Å². The molecule has 4 rings (SSSR count). The van der Waals surface area contributed by atoms with Crippen LogP contribution in [-0.2, 0) is 21.2 Å². The lowest BCUT2D eigenvalue weighted by molar-refractivity contribution is -0.116. The largest absolute Gasteiger partial charge is 0.326 e. The van der Waals surface area contributed by atoms with E-state index in [2.05, 4.69) is 10.3 Å². The van der Waals surface area contributed by atoms with Gasteiger partial charge in [0.25, 0.3) is 0 Å². The van der Waals surface area contributed by atoms with Gasteiger partial charge in [-0.15, -0.1) is 11.3 Å². The standard InChI is InChI=1S/C24H27N3O3S2/c28-23(26-21-10-8-20(9-11-21)24-25-15-18-31-24)14-7-19-5-12-22(13-6-19)32(29,30)27-16-3-1-2-4-17-27/h5-6,8-13,15,18H,1-4,7,14,16-17H2,(H,26,28). The molecule has 0 radical (unpaired) electrons. The molecule has 1 aliphatic rings. The van der Waals surface area contributed by atoms with E-state index in [0.29, 0.717) is 30.8 Å². The third-order valence-electron chi connectivity index (χ3n) is 5.61. The van der Waals surface area contributed by atoms with Gasteiger partial charge >= 0.3 is 0 Å². The molecule has 2 heterocycles. The molecule has 1 aromatic heterocycles. The first-order chi connectivity index (χ1) is 15.5. The molecular formula is C24H27N3O3S2. The number of carbonyl (C=O) groups is 1. The quantitative estimate of drug-likeness (QED) is 0.531. The minimum absolute atomic E-state index is 0.0757. The van der Waals surface area contributed by atoms with Crippen LogP contribution in [0.3, 0.4) is 0 Å². The molecule has 168 valence electrons. The lowest BCUT2D eigenvalue weighted by Gasteiger charge is -2.20. The van der Waals surface area contributed by atoms with Crippen LogP contribution in [0.25, 0.3) is 10.6 Å². The third kappa shape index (κ3) is 5.62. The van der Waals surface area contributed by atoms with E-state index in [0.717, 1.165) is 47.5 Å². The minimum atomic E-state index is -3.44. The number of benzene rings is 2. The average molecular weight is 470 g/mol. The summed E-state index contributed by atoms with van der Waals surface area (Å²) in [5.41, 5.74) is 2.71. The first-order valence-electron chi connectivity index (χ1n) is 10.9. The SMILES string of the molecule is O=C(CCc1ccc(S(=O)(=O)N2CCCCCC2)cc1)Nc1ccc(-c2nccs2)cc1. The third-order valence-corrected chi connectivity index (χ3v) is 8.35. The maximum Gasteiger partial charge on any atom is 0.243 e. The predicted molar refractivity (Wildman–Crippen MR) is 128 cm³/mol. The Morgan fingerprint density at radius 3 is 2.28 bits per heavy atom. The van der Waals surface area contributed by atoms with Crippen molar-refractivity contribution in [3.05, 3.63) is 65.7 Å². The number of amides is 1. The number of nitrogens with one attached hydrogen (secondary N) is 1. The minimum Gasteiger partial charge on any atom is -0.326 e. The molecule has 1 aliphatic heterocycles. The highest BCUT2D eigenvalue weighted by Crippen LogP contribution is 2.24. The molecule has 8 heteroatoms. The zero-order valence-corrected chi connectivity index (χ0v) is 19.5. The molecule has 0 saturated carbocycles. The monoisotopic (exact) mass is 469 g/mol. The molecule has 0 spiro atoms. The van der Waals surface area contributed by atoms with Gasteiger partial charge in [-0.05, 0) is 61.2 Å². The molecule has 2 aromatic carbocycles. The fourth-order valence-corrected chi connectivity index (χ4v) is 5.96. The summed E-state index contributed by atoms with van der Waals surface area (Å²) in [6, 6.07) is 14.6. The fraction of sp³-hybridized carbons (Fsp3) is 0.333. The van der Waals surface area contributed by atoms with Crippen LogP contribution in [0.1, 0.15) is 37.7 Å². The van der Waals surface area contributed by atoms with E-state index in [1.807, 2.05) is 29.6 Å². The number of sulfonamides is 1. The maximum atomic E-state index is 12.9. The second kappa shape index (κ2) is 10.4. The van der Waals surface area contributed by atoms with E-state index in [4.69, 9.17) is 0 Å². The van der Waals surface area contributed by atoms with Crippen molar-refractivity contribution in [3.8, 4) is 10.6 Å². The molecule has 0 bridgehead atoms. The Morgan fingerprint density at radius 1 is 0.969 bits per heavy atom. The van der Waals surface area contributed by atoms with E-state index < -0.39 is 10.0 Å². The second-order valence-corrected chi connectivity index (χ2v) is 10.8. The van der Waals surface area contributed by atoms with Crippen molar-refractivity contribution in [1.82, 2.24) is 9.29 Å². The summed E-state index contributed by atoms with van der Waals surface area (Å²) in [5, 5.41) is 5.79. The summed E-state index contributed by atoms with van der Waals surface area (Å²) in [6.07, 6.45) is 6.65. The first kappa shape index (κ1) is 22.6. The Labute approximate surface area is 193 Å². The smallest absolute Gasteiger partial charge is 0.243 e. The van der Waals surface area contributed by atoms with Crippen molar-refractivity contribution in [2.75, 3.05) is 18.4 Å². The van der Waals surface area contributed by atoms with Crippen LogP contribution < -0.4 is 5.32 Å². The Bertz CT molecular complexity index is 1120. The Hall–Kier alpha value is -2.55. The molecule has 1 fully saturated rings. The Morgan fingerprint density at radius 2 is 1.66 bits per heavy atom. The van der Waals surface area contributed by atoms with Gasteiger partial charge in [0, 0.05) is 42.3 Å². The highest BCUT2D eigenvalue weighted by atomic mass is 32.2. The number of hydrogen-bond donors (Lipinski definition) is 1. The first-order valence-corrected chi connectivity index (χ1v) is 13.2. The zero-order chi connectivity index (χ0) is 22.4. The predicted octanol–water partition coefficient (Wildman–Crippen LogP) is 4.95. The van der Waals surface area contributed by atoms with Crippen LogP contribution >= 0.6 is 11.3 Å². The van der Waals surface area contributed by atoms with Crippen molar-refractivity contribution >= 4 is 33.0 Å². The second-order valence-electron chi connectivity index (χ2n) is 7.93. The molecule has 3 aromatic rings. The number of nitrogens with zero attached hydrogens (tertiary/aromatic N) is 2. The van der Waals surface area contributed by atoms with E-state index >= 15 is 0 Å². The van der Waals surface area contributed by atoms with E-state index in [9.17, 15) is 13.2 Å². The van der Waals surface area contributed by atoms with Crippen LogP contribution in [0.5, 0.6) is 0 Å². The highest BCUT2D eigenvalue weighted by Gasteiger charge is 2.24. The van der Waals surface area contributed by atoms with E-state index in [1.165, 1.54) is 0 Å². The van der Waals surface area contributed by atoms with Crippen molar-refractivity contribution in [3.63, 3.8) is 0 Å². The van der Waals surface area contributed by atoms with Crippen molar-refractivity contribution < 1.29 is 13.2 Å². The van der Waals surface area contributed by atoms with Gasteiger partial charge in [-0.2, -0.15) is 4.31 Å². The summed E-state index contributed by atoms with van der Waals surface area (Å²) < 4.78 is 27.4. The Balaban J connectivity index is 1.30. The van der Waals surface area contributed by atoms with Crippen molar-refractivity contribution in [2.45, 2.75) is 43.4 Å². The summed E-state index contributed by atoms with van der Waals surface area (Å²) in [4.78, 5) is 17.0. The molecule has 0 unspecified atom stereocenters. The topological polar surface area (TPSA) is 79.4 Å². The van der Waals surface area contributed by atoms with Crippen LogP contribution in [0.2, 0.25) is 0 Å². The summed E-state index contributed by atoms with van der Waals surface area (Å²) in [7, 11) is -3.44. The van der Waals surface area contributed by atoms with Crippen LogP contribution in [0, 0.1) is 0 Å². The number of thiazole rings is 1. The van der Waals surface area contributed by atoms with Crippen LogP contribution in [0.4, 0.5) is 5.69 Å². The number of aryl methyl sites for hydroxylation is 1. The fourth-order valence-electron chi connectivity index (χ4n) is 3.80. The average Bonchev–Trinajstić information content (AvgIpc) is 3.20. The van der Waals surface area contributed by atoms with Gasteiger partial charge in [-0.25, -0.2) is 13.4 Å². The summed E-state index contributed by atoms with van der Waals surface area (Å²) in [6.45, 7) is 1.18. The summed E-state index contributed by atoms with van der Waals surface area (Å²) >= 11 is 1.57. The zero-order valence-electron chi connectivity index (χ0n) is 17.9. The van der Waals surface area contributed by atoms with Crippen LogP contribution in [-0.4, -0.2) is 36.7 Å². The van der Waals surface area contributed by atoms with Gasteiger partial charge in [0.05, 0.1) is 4.90 Å². The maximum absolute atomic E-state index is 12.9. The van der Waals surface area contributed by atoms with E-state index in [1.54, 1.807) is 46.1 Å². The van der Waals surface area contributed by atoms with Gasteiger partial charge in [0.1, 0.15) is 5.01 Å². The number of rotatable bonds is 7. The molecule has 32 heavy (non-hydrogen) atoms. The normalized spacial score (nSPS) is 15.2. The van der Waals surface area contributed by atoms with Gasteiger partial charge in [-0.1, -0.05) is 25.0 Å². The molecule has 6 nitrogen and oxygen atoms in total. The van der Waals surface area contributed by atoms with Crippen LogP contribution in [0.15, 0.2) is 65.0 Å². The molecule has 0 aliphatic carbocycles. The molecule has 1 amide bonds. The number of anilines is 1. The number of carbonyl (C=O) groups excluding carboxylic acids is 1. The number of aromatic nitrogens is 1. The molecule has 1 N–H and O–H groups in total. The lowest BCUT2D eigenvalue weighted by Crippen LogP contribution is -2.31. The van der Waals surface area contributed by atoms with E-state index in [-0.39, 0.29) is 5.91 Å². The molecule has 0 atom stereocenters. The molecule has 1 saturated heterocycles. The van der Waals surface area contributed by atoms with Gasteiger partial charge < -0.3 is 5.32 Å². The van der Waals surface area contributed by atoms with Crippen molar-refractivity contribution in [2.24, 2.45) is 0 Å². The van der Waals surface area contributed by atoms with Gasteiger partial charge in [0.2, 0.25) is 15.9 Å². The van der Waals surface area contributed by atoms with Crippen molar-refractivity contribution in [1.29, 1.82) is 0 Å². The summed E-state index contributed by atoms with van der Waals surface area (Å²) in [5.74, 6) is -0.0757. The van der Waals surface area contributed by atoms with Gasteiger partial charge in [0.15, 0.2) is 0 Å². The highest BCUT2D eigenvalue weighted by molar-refractivity contribution is 7.89. The molecular weight excluding hydrogens is 442 g/mol. The number of hydrogen-bond acceptors (Lipinski definition) is 5. The lowest BCUT2D eigenvalue weighted by atomic mass is 10.1. The Kier molecular flexibility index (Phi) is 7.34.